The van der Waals surface area contributed by atoms with Gasteiger partial charge in [-0.05, 0) is 33.6 Å². The van der Waals surface area contributed by atoms with Crippen molar-refractivity contribution in [2.45, 2.75) is 45.2 Å². The average Bonchev–Trinajstić information content (AvgIpc) is 2.92. The van der Waals surface area contributed by atoms with Crippen molar-refractivity contribution in [2.75, 3.05) is 0 Å². The molecule has 1 aliphatic rings. The summed E-state index contributed by atoms with van der Waals surface area (Å²) in [7, 11) is 0. The molecule has 0 aromatic carbocycles. The Morgan fingerprint density at radius 1 is 1.59 bits per heavy atom. The Balaban J connectivity index is 2.01. The van der Waals surface area contributed by atoms with E-state index >= 15 is 0 Å². The highest BCUT2D eigenvalue weighted by molar-refractivity contribution is 5.70. The summed E-state index contributed by atoms with van der Waals surface area (Å²) in [5.41, 5.74) is -0.417. The van der Waals surface area contributed by atoms with Gasteiger partial charge in [0.05, 0.1) is 12.2 Å². The molecule has 1 fully saturated rings. The third-order valence-corrected chi connectivity index (χ3v) is 2.28. The van der Waals surface area contributed by atoms with E-state index in [1.165, 1.54) is 10.9 Å². The van der Waals surface area contributed by atoms with E-state index in [1.54, 1.807) is 0 Å². The number of nitrogens with one attached hydrogen (secondary N) is 1. The van der Waals surface area contributed by atoms with Gasteiger partial charge >= 0.3 is 6.09 Å². The van der Waals surface area contributed by atoms with Crippen molar-refractivity contribution >= 4 is 6.09 Å². The Hall–Kier alpha value is -1.59. The number of carbonyl (C=O) groups is 1. The predicted molar refractivity (Wildman–Crippen MR) is 59.4 cm³/mol. The van der Waals surface area contributed by atoms with E-state index in [9.17, 15) is 9.18 Å². The van der Waals surface area contributed by atoms with Crippen molar-refractivity contribution in [3.8, 4) is 5.75 Å². The molecule has 1 heterocycles. The van der Waals surface area contributed by atoms with Crippen molar-refractivity contribution < 1.29 is 13.9 Å². The Kier molecular flexibility index (Phi) is 2.81. The molecule has 0 radical (unpaired) electrons. The van der Waals surface area contributed by atoms with Crippen LogP contribution in [0.3, 0.4) is 0 Å². The molecule has 0 unspecified atom stereocenters. The van der Waals surface area contributed by atoms with Crippen molar-refractivity contribution in [1.29, 1.82) is 0 Å². The summed E-state index contributed by atoms with van der Waals surface area (Å²) in [6.45, 7) is 5.45. The molecule has 0 bridgehead atoms. The van der Waals surface area contributed by atoms with Gasteiger partial charge in [-0.3, -0.25) is 0 Å². The first-order chi connectivity index (χ1) is 7.87. The van der Waals surface area contributed by atoms with Crippen molar-refractivity contribution in [2.24, 2.45) is 0 Å². The molecule has 0 saturated heterocycles. The minimum atomic E-state index is -0.674. The maximum absolute atomic E-state index is 13.7. The predicted octanol–water partition coefficient (Wildman–Crippen LogP) is 2.24. The molecule has 1 aliphatic carbocycles. The minimum absolute atomic E-state index is 0.123. The minimum Gasteiger partial charge on any atom is -0.404 e. The van der Waals surface area contributed by atoms with Crippen LogP contribution in [-0.4, -0.2) is 21.4 Å². The molecule has 94 valence electrons. The number of aromatic nitrogens is 2. The van der Waals surface area contributed by atoms with E-state index in [-0.39, 0.29) is 11.8 Å². The number of hydrogen-bond donors (Lipinski definition) is 1. The van der Waals surface area contributed by atoms with E-state index in [0.717, 1.165) is 12.8 Å². The van der Waals surface area contributed by atoms with Crippen LogP contribution in [0.5, 0.6) is 5.75 Å². The Bertz CT molecular complexity index is 432. The number of amides is 1. The highest BCUT2D eigenvalue weighted by Gasteiger charge is 2.29. The molecule has 1 saturated carbocycles. The highest BCUT2D eigenvalue weighted by atomic mass is 19.1. The molecule has 17 heavy (non-hydrogen) atoms. The van der Waals surface area contributed by atoms with Gasteiger partial charge in [0.2, 0.25) is 5.75 Å². The number of nitrogens with zero attached hydrogens (tertiary/aromatic N) is 2. The summed E-state index contributed by atoms with van der Waals surface area (Å²) in [5.74, 6) is -0.713. The Morgan fingerprint density at radius 2 is 2.24 bits per heavy atom. The van der Waals surface area contributed by atoms with Crippen LogP contribution in [0, 0.1) is 5.95 Å². The number of ether oxygens (including phenoxy) is 1. The second-order valence-corrected chi connectivity index (χ2v) is 5.24. The fourth-order valence-electron chi connectivity index (χ4n) is 1.41. The van der Waals surface area contributed by atoms with E-state index in [0.29, 0.717) is 0 Å². The highest BCUT2D eigenvalue weighted by Crippen LogP contribution is 2.36. The number of halogens is 1. The summed E-state index contributed by atoms with van der Waals surface area (Å²) in [6, 6.07) is 0.123. The van der Waals surface area contributed by atoms with Crippen LogP contribution in [0.25, 0.3) is 0 Å². The second-order valence-electron chi connectivity index (χ2n) is 5.24. The van der Waals surface area contributed by atoms with Crippen LogP contribution >= 0.6 is 0 Å². The Labute approximate surface area is 98.9 Å². The van der Waals surface area contributed by atoms with Gasteiger partial charge in [-0.1, -0.05) is 0 Å². The van der Waals surface area contributed by atoms with Crippen molar-refractivity contribution in [1.82, 2.24) is 15.1 Å². The monoisotopic (exact) mass is 241 g/mol. The molecule has 5 nitrogen and oxygen atoms in total. The molecule has 2 rings (SSSR count). The largest absolute Gasteiger partial charge is 0.413 e. The first-order valence-corrected chi connectivity index (χ1v) is 5.60. The normalized spacial score (nSPS) is 15.8. The van der Waals surface area contributed by atoms with Crippen LogP contribution < -0.4 is 10.1 Å². The lowest BCUT2D eigenvalue weighted by Gasteiger charge is -2.19. The first-order valence-electron chi connectivity index (χ1n) is 5.60. The summed E-state index contributed by atoms with van der Waals surface area (Å²) in [4.78, 5) is 11.4. The van der Waals surface area contributed by atoms with Crippen molar-refractivity contribution in [3.63, 3.8) is 0 Å². The lowest BCUT2D eigenvalue weighted by Crippen LogP contribution is -2.42. The van der Waals surface area contributed by atoms with Crippen LogP contribution in [0.15, 0.2) is 6.20 Å². The fourth-order valence-corrected chi connectivity index (χ4v) is 1.41. The third kappa shape index (κ3) is 2.95. The lowest BCUT2D eigenvalue weighted by atomic mass is 10.1. The molecule has 1 aromatic heterocycles. The maximum Gasteiger partial charge on any atom is 0.413 e. The zero-order valence-corrected chi connectivity index (χ0v) is 10.2. The van der Waals surface area contributed by atoms with E-state index in [4.69, 9.17) is 4.74 Å². The Morgan fingerprint density at radius 3 is 2.76 bits per heavy atom. The fraction of sp³-hybridized carbons (Fsp3) is 0.636. The molecule has 1 aromatic rings. The van der Waals surface area contributed by atoms with Gasteiger partial charge in [0.25, 0.3) is 5.95 Å². The molecular formula is C11H16FN3O2. The molecule has 1 amide bonds. The van der Waals surface area contributed by atoms with Crippen LogP contribution in [0.2, 0.25) is 0 Å². The summed E-state index contributed by atoms with van der Waals surface area (Å²) < 4.78 is 19.8. The average molecular weight is 241 g/mol. The van der Waals surface area contributed by atoms with Gasteiger partial charge in [-0.15, -0.1) is 0 Å². The van der Waals surface area contributed by atoms with Gasteiger partial charge in [0.1, 0.15) is 0 Å². The van der Waals surface area contributed by atoms with E-state index < -0.39 is 17.6 Å². The smallest absolute Gasteiger partial charge is 0.404 e. The van der Waals surface area contributed by atoms with E-state index in [2.05, 4.69) is 10.4 Å². The molecular weight excluding hydrogens is 225 g/mol. The zero-order valence-electron chi connectivity index (χ0n) is 10.2. The number of carbonyl (C=O) groups excluding carboxylic acids is 1. The van der Waals surface area contributed by atoms with Crippen molar-refractivity contribution in [3.05, 3.63) is 12.1 Å². The topological polar surface area (TPSA) is 56.1 Å². The van der Waals surface area contributed by atoms with E-state index in [1.807, 2.05) is 20.8 Å². The summed E-state index contributed by atoms with van der Waals surface area (Å²) >= 11 is 0. The lowest BCUT2D eigenvalue weighted by molar-refractivity contribution is 0.188. The molecule has 0 aliphatic heterocycles. The quantitative estimate of drug-likeness (QED) is 0.863. The number of rotatable bonds is 2. The van der Waals surface area contributed by atoms with Crippen LogP contribution in [0.4, 0.5) is 9.18 Å². The standard InChI is InChI=1S/C11H16FN3O2/c1-11(2,3)14-10(16)17-8-6-13-15(9(8)12)7-4-5-7/h6-7H,4-5H2,1-3H3,(H,14,16). The number of hydrogen-bond acceptors (Lipinski definition) is 3. The van der Waals surface area contributed by atoms with Crippen LogP contribution in [-0.2, 0) is 0 Å². The molecule has 0 atom stereocenters. The van der Waals surface area contributed by atoms with Gasteiger partial charge < -0.3 is 10.1 Å². The molecule has 1 N–H and O–H groups in total. The third-order valence-electron chi connectivity index (χ3n) is 2.28. The molecule has 6 heteroatoms. The van der Waals surface area contributed by atoms with Crippen LogP contribution in [0.1, 0.15) is 39.7 Å². The van der Waals surface area contributed by atoms with Gasteiger partial charge in [0.15, 0.2) is 0 Å². The van der Waals surface area contributed by atoms with Gasteiger partial charge in [-0.25, -0.2) is 9.48 Å². The molecule has 0 spiro atoms. The van der Waals surface area contributed by atoms with Gasteiger partial charge in [-0.2, -0.15) is 9.49 Å². The first kappa shape index (κ1) is 11.9. The second kappa shape index (κ2) is 4.01. The zero-order chi connectivity index (χ0) is 12.6. The summed E-state index contributed by atoms with van der Waals surface area (Å²) in [5, 5.41) is 6.45. The maximum atomic E-state index is 13.7. The van der Waals surface area contributed by atoms with Gasteiger partial charge in [0, 0.05) is 5.54 Å². The SMILES string of the molecule is CC(C)(C)NC(=O)Oc1cnn(C2CC2)c1F. The summed E-state index contributed by atoms with van der Waals surface area (Å²) in [6.07, 6.45) is 2.40.